The summed E-state index contributed by atoms with van der Waals surface area (Å²) in [6.45, 7) is 4.42. The fourth-order valence-electron chi connectivity index (χ4n) is 6.07. The average molecular weight is 775 g/mol. The van der Waals surface area contributed by atoms with Gasteiger partial charge in [0.25, 0.3) is 0 Å². The van der Waals surface area contributed by atoms with Gasteiger partial charge in [-0.2, -0.15) is 0 Å². The van der Waals surface area contributed by atoms with Gasteiger partial charge in [0, 0.05) is 12.8 Å². The first-order chi connectivity index (χ1) is 25.5. The van der Waals surface area contributed by atoms with Crippen LogP contribution in [0, 0.1) is 0 Å². The topological polar surface area (TPSA) is 108 Å². The molecule has 0 saturated carbocycles. The molecule has 0 aromatic heterocycles. The molecule has 0 saturated heterocycles. The maximum absolute atomic E-state index is 12.7. The maximum Gasteiger partial charge on any atom is 0.472 e. The number of esters is 2. The molecule has 2 atom stereocenters. The minimum atomic E-state index is -4.37. The van der Waals surface area contributed by atoms with Crippen LogP contribution in [0.1, 0.15) is 200 Å². The van der Waals surface area contributed by atoms with Crippen molar-refractivity contribution in [2.24, 2.45) is 0 Å². The number of carbonyl (C=O) groups is 2. The molecule has 0 bridgehead atoms. The second-order valence-corrected chi connectivity index (χ2v) is 17.5. The molecule has 0 aromatic rings. The molecule has 0 aliphatic rings. The molecular weight excluding hydrogens is 689 g/mol. The number of likely N-dealkylation sites (N-methyl/N-ethyl adjacent to an activating group) is 1. The normalized spacial score (nSPS) is 13.7. The van der Waals surface area contributed by atoms with E-state index < -0.39 is 26.5 Å². The predicted molar refractivity (Wildman–Crippen MR) is 220 cm³/mol. The fourth-order valence-corrected chi connectivity index (χ4v) is 6.81. The summed E-state index contributed by atoms with van der Waals surface area (Å²) >= 11 is 0. The second-order valence-electron chi connectivity index (χ2n) is 16.1. The standard InChI is InChI=1S/C43H84NO8P/c1-6-8-10-12-14-16-18-20-22-24-25-27-29-31-33-35-42(45)49-39-41(40-51-53(47,48)50-38-37-44(3,4)5)52-43(46)36-34-32-30-28-26-23-21-19-17-15-13-11-9-7-2/h25,27,41H,6-24,26,28-40H2,1-5H3/p+1/b27-25+/t41-/m1/s1. The molecule has 1 N–H and O–H groups in total. The van der Waals surface area contributed by atoms with Crippen molar-refractivity contribution in [2.75, 3.05) is 47.5 Å². The number of ether oxygens (including phenoxy) is 2. The van der Waals surface area contributed by atoms with E-state index in [0.717, 1.165) is 32.1 Å². The Labute approximate surface area is 326 Å². The molecule has 0 radical (unpaired) electrons. The number of unbranched alkanes of at least 4 members (excludes halogenated alkanes) is 24. The van der Waals surface area contributed by atoms with Crippen LogP contribution in [0.5, 0.6) is 0 Å². The molecule has 0 aliphatic carbocycles. The zero-order valence-corrected chi connectivity index (χ0v) is 36.2. The van der Waals surface area contributed by atoms with E-state index in [0.29, 0.717) is 23.9 Å². The lowest BCUT2D eigenvalue weighted by atomic mass is 10.0. The van der Waals surface area contributed by atoms with Gasteiger partial charge in [-0.3, -0.25) is 18.6 Å². The lowest BCUT2D eigenvalue weighted by Gasteiger charge is -2.24. The van der Waals surface area contributed by atoms with Gasteiger partial charge in [-0.05, 0) is 38.5 Å². The van der Waals surface area contributed by atoms with Crippen LogP contribution in [-0.4, -0.2) is 74.9 Å². The fraction of sp³-hybridized carbons (Fsp3) is 0.907. The van der Waals surface area contributed by atoms with Crippen molar-refractivity contribution in [1.29, 1.82) is 0 Å². The number of phosphoric ester groups is 1. The molecule has 0 amide bonds. The van der Waals surface area contributed by atoms with E-state index in [4.69, 9.17) is 18.5 Å². The Hall–Kier alpha value is -1.25. The Bertz CT molecular complexity index is 922. The first kappa shape index (κ1) is 51.8. The lowest BCUT2D eigenvalue weighted by Crippen LogP contribution is -2.37. The highest BCUT2D eigenvalue weighted by Gasteiger charge is 2.27. The highest BCUT2D eigenvalue weighted by molar-refractivity contribution is 7.47. The third kappa shape index (κ3) is 40.2. The third-order valence-electron chi connectivity index (χ3n) is 9.55. The molecule has 0 spiro atoms. The van der Waals surface area contributed by atoms with Gasteiger partial charge in [0.1, 0.15) is 19.8 Å². The Morgan fingerprint density at radius 3 is 1.43 bits per heavy atom. The van der Waals surface area contributed by atoms with Crippen LogP contribution in [0.15, 0.2) is 12.2 Å². The van der Waals surface area contributed by atoms with Gasteiger partial charge in [0.15, 0.2) is 6.10 Å². The van der Waals surface area contributed by atoms with Gasteiger partial charge in [-0.25, -0.2) is 4.57 Å². The van der Waals surface area contributed by atoms with Gasteiger partial charge >= 0.3 is 19.8 Å². The van der Waals surface area contributed by atoms with E-state index in [-0.39, 0.29) is 32.0 Å². The van der Waals surface area contributed by atoms with Gasteiger partial charge in [0.2, 0.25) is 0 Å². The summed E-state index contributed by atoms with van der Waals surface area (Å²) in [6.07, 6.45) is 36.8. The zero-order valence-electron chi connectivity index (χ0n) is 35.3. The SMILES string of the molecule is CCCCCCCCCCC/C=C/CCCCC(=O)OC[C@H](COP(=O)(O)OCC[N+](C)(C)C)OC(=O)CCCCCCCCCCCCCCCC. The number of carbonyl (C=O) groups excluding carboxylic acids is 2. The van der Waals surface area contributed by atoms with Gasteiger partial charge in [-0.15, -0.1) is 0 Å². The van der Waals surface area contributed by atoms with E-state index >= 15 is 0 Å². The Morgan fingerprint density at radius 2 is 0.962 bits per heavy atom. The van der Waals surface area contributed by atoms with Crippen molar-refractivity contribution in [3.05, 3.63) is 12.2 Å². The number of hydrogen-bond donors (Lipinski definition) is 1. The van der Waals surface area contributed by atoms with E-state index in [1.165, 1.54) is 128 Å². The summed E-state index contributed by atoms with van der Waals surface area (Å²) in [5, 5.41) is 0. The van der Waals surface area contributed by atoms with Crippen LogP contribution in [-0.2, 0) is 32.7 Å². The molecule has 9 nitrogen and oxygen atoms in total. The van der Waals surface area contributed by atoms with Crippen LogP contribution >= 0.6 is 7.82 Å². The summed E-state index contributed by atoms with van der Waals surface area (Å²) in [6, 6.07) is 0. The summed E-state index contributed by atoms with van der Waals surface area (Å²) in [7, 11) is 1.48. The van der Waals surface area contributed by atoms with E-state index in [1.54, 1.807) is 0 Å². The first-order valence-corrected chi connectivity index (χ1v) is 23.4. The highest BCUT2D eigenvalue weighted by atomic mass is 31.2. The number of phosphoric acid groups is 1. The maximum atomic E-state index is 12.7. The summed E-state index contributed by atoms with van der Waals surface area (Å²) in [5.41, 5.74) is 0. The van der Waals surface area contributed by atoms with Gasteiger partial charge in [0.05, 0.1) is 27.7 Å². The van der Waals surface area contributed by atoms with Crippen molar-refractivity contribution in [2.45, 2.75) is 206 Å². The Balaban J connectivity index is 4.37. The highest BCUT2D eigenvalue weighted by Crippen LogP contribution is 2.43. The minimum Gasteiger partial charge on any atom is -0.462 e. The Kier molecular flexibility index (Phi) is 35.5. The minimum absolute atomic E-state index is 0.0320. The zero-order chi connectivity index (χ0) is 39.3. The molecule has 10 heteroatoms. The van der Waals surface area contributed by atoms with Crippen LogP contribution in [0.4, 0.5) is 0 Å². The molecule has 1 unspecified atom stereocenters. The van der Waals surface area contributed by atoms with Crippen molar-refractivity contribution in [3.63, 3.8) is 0 Å². The van der Waals surface area contributed by atoms with Crippen molar-refractivity contribution in [1.82, 2.24) is 0 Å². The van der Waals surface area contributed by atoms with Crippen molar-refractivity contribution in [3.8, 4) is 0 Å². The van der Waals surface area contributed by atoms with Crippen LogP contribution < -0.4 is 0 Å². The summed E-state index contributed by atoms with van der Waals surface area (Å²) < 4.78 is 34.3. The molecule has 0 fully saturated rings. The number of nitrogens with zero attached hydrogens (tertiary/aromatic N) is 1. The number of hydrogen-bond acceptors (Lipinski definition) is 7. The molecule has 0 rings (SSSR count). The predicted octanol–water partition coefficient (Wildman–Crippen LogP) is 12.2. The van der Waals surface area contributed by atoms with Gasteiger partial charge in [-0.1, -0.05) is 161 Å². The molecule has 314 valence electrons. The lowest BCUT2D eigenvalue weighted by molar-refractivity contribution is -0.870. The van der Waals surface area contributed by atoms with Crippen LogP contribution in [0.3, 0.4) is 0 Å². The molecule has 0 aliphatic heterocycles. The average Bonchev–Trinajstić information content (AvgIpc) is 3.10. The van der Waals surface area contributed by atoms with E-state index in [2.05, 4.69) is 26.0 Å². The summed E-state index contributed by atoms with van der Waals surface area (Å²) in [4.78, 5) is 35.3. The van der Waals surface area contributed by atoms with Gasteiger partial charge < -0.3 is 18.9 Å². The Morgan fingerprint density at radius 1 is 0.566 bits per heavy atom. The van der Waals surface area contributed by atoms with E-state index in [9.17, 15) is 19.0 Å². The number of allylic oxidation sites excluding steroid dienone is 2. The molecule has 53 heavy (non-hydrogen) atoms. The number of rotatable bonds is 40. The smallest absolute Gasteiger partial charge is 0.462 e. The van der Waals surface area contributed by atoms with Crippen LogP contribution in [0.25, 0.3) is 0 Å². The van der Waals surface area contributed by atoms with Crippen molar-refractivity contribution < 1.29 is 42.1 Å². The quantitative estimate of drug-likeness (QED) is 0.0215. The molecular formula is C43H85NO8P+. The number of quaternary nitrogens is 1. The monoisotopic (exact) mass is 775 g/mol. The first-order valence-electron chi connectivity index (χ1n) is 21.9. The third-order valence-corrected chi connectivity index (χ3v) is 10.5. The second kappa shape index (κ2) is 36.4. The van der Waals surface area contributed by atoms with Crippen LogP contribution in [0.2, 0.25) is 0 Å². The van der Waals surface area contributed by atoms with Crippen molar-refractivity contribution >= 4 is 19.8 Å². The summed E-state index contributed by atoms with van der Waals surface area (Å²) in [5.74, 6) is -0.815. The molecule has 0 heterocycles. The molecule has 0 aromatic carbocycles. The largest absolute Gasteiger partial charge is 0.472 e. The van der Waals surface area contributed by atoms with E-state index in [1.807, 2.05) is 21.1 Å².